The van der Waals surface area contributed by atoms with Crippen LogP contribution in [0, 0.1) is 0 Å². The predicted octanol–water partition coefficient (Wildman–Crippen LogP) is 2.36. The fourth-order valence-electron chi connectivity index (χ4n) is 3.47. The van der Waals surface area contributed by atoms with Crippen molar-refractivity contribution < 1.29 is 32.6 Å². The van der Waals surface area contributed by atoms with Gasteiger partial charge in [0, 0.05) is 18.8 Å². The highest BCUT2D eigenvalue weighted by atomic mass is 32.2. The Morgan fingerprint density at radius 2 is 1.70 bits per heavy atom. The number of amides is 1. The molecule has 0 aromatic heterocycles. The second kappa shape index (κ2) is 9.57. The molecule has 9 nitrogen and oxygen atoms in total. The van der Waals surface area contributed by atoms with Crippen molar-refractivity contribution in [3.05, 3.63) is 66.2 Å². The molecule has 172 valence electrons. The Labute approximate surface area is 190 Å². The molecule has 4 rings (SSSR count). The number of phenols is 1. The maximum atomic E-state index is 12.8. The van der Waals surface area contributed by atoms with E-state index in [2.05, 4.69) is 5.32 Å². The van der Waals surface area contributed by atoms with Crippen molar-refractivity contribution >= 4 is 38.4 Å². The van der Waals surface area contributed by atoms with E-state index in [1.165, 1.54) is 40.7 Å². The van der Waals surface area contributed by atoms with Crippen molar-refractivity contribution in [3.63, 3.8) is 0 Å². The quantitative estimate of drug-likeness (QED) is 0.530. The van der Waals surface area contributed by atoms with E-state index in [1.54, 1.807) is 18.2 Å². The molecule has 2 N–H and O–H groups in total. The minimum Gasteiger partial charge on any atom is -0.507 e. The number of hydrogen-bond acceptors (Lipinski definition) is 7. The van der Waals surface area contributed by atoms with Gasteiger partial charge in [-0.25, -0.2) is 13.2 Å². The Hall–Kier alpha value is -3.47. The Morgan fingerprint density at radius 3 is 2.42 bits per heavy atom. The number of carbonyl (C=O) groups excluding carboxylic acids is 2. The van der Waals surface area contributed by atoms with Gasteiger partial charge in [0.15, 0.2) is 6.61 Å². The number of anilines is 1. The number of carbonyl (C=O) groups is 2. The first-order valence-corrected chi connectivity index (χ1v) is 11.7. The first-order chi connectivity index (χ1) is 15.8. The number of morpholine rings is 1. The summed E-state index contributed by atoms with van der Waals surface area (Å²) < 4.78 is 37.1. The van der Waals surface area contributed by atoms with Gasteiger partial charge in [0.25, 0.3) is 5.91 Å². The number of sulfonamides is 1. The molecule has 33 heavy (non-hydrogen) atoms. The van der Waals surface area contributed by atoms with Gasteiger partial charge in [0.05, 0.1) is 18.1 Å². The van der Waals surface area contributed by atoms with Crippen molar-refractivity contribution in [2.24, 2.45) is 0 Å². The molecular formula is C23H22N2O7S. The molecule has 1 aliphatic heterocycles. The molecule has 0 aliphatic carbocycles. The lowest BCUT2D eigenvalue weighted by atomic mass is 10.1. The van der Waals surface area contributed by atoms with Crippen LogP contribution >= 0.6 is 0 Å². The van der Waals surface area contributed by atoms with Gasteiger partial charge < -0.3 is 19.9 Å². The maximum absolute atomic E-state index is 12.8. The molecule has 0 radical (unpaired) electrons. The van der Waals surface area contributed by atoms with Crippen LogP contribution in [0.25, 0.3) is 10.8 Å². The molecule has 1 aliphatic rings. The lowest BCUT2D eigenvalue weighted by Gasteiger charge is -2.26. The van der Waals surface area contributed by atoms with Gasteiger partial charge in [0.2, 0.25) is 10.0 Å². The number of esters is 1. The van der Waals surface area contributed by atoms with Gasteiger partial charge in [-0.15, -0.1) is 0 Å². The molecular weight excluding hydrogens is 448 g/mol. The number of benzene rings is 3. The SMILES string of the molecule is O=C(COC(=O)c1cc2ccccc2cc1O)Nc1cccc(S(=O)(=O)N2CCOCC2)c1. The molecule has 0 atom stereocenters. The lowest BCUT2D eigenvalue weighted by Crippen LogP contribution is -2.40. The summed E-state index contributed by atoms with van der Waals surface area (Å²) in [6.45, 7) is 0.570. The number of phenolic OH excluding ortho intramolecular Hbond substituents is 1. The molecule has 1 amide bonds. The number of aromatic hydroxyl groups is 1. The Bertz CT molecular complexity index is 1300. The standard InChI is InChI=1S/C23H22N2O7S/c26-21-13-17-5-2-1-4-16(17)12-20(21)23(28)32-15-22(27)24-18-6-3-7-19(14-18)33(29,30)25-8-10-31-11-9-25/h1-7,12-14,26H,8-11,15H2,(H,24,27). The smallest absolute Gasteiger partial charge is 0.342 e. The van der Waals surface area contributed by atoms with Crippen LogP contribution in [0.4, 0.5) is 5.69 Å². The van der Waals surface area contributed by atoms with Gasteiger partial charge in [-0.2, -0.15) is 4.31 Å². The van der Waals surface area contributed by atoms with E-state index in [9.17, 15) is 23.1 Å². The topological polar surface area (TPSA) is 122 Å². The highest BCUT2D eigenvalue weighted by molar-refractivity contribution is 7.89. The van der Waals surface area contributed by atoms with E-state index in [1.807, 2.05) is 6.07 Å². The summed E-state index contributed by atoms with van der Waals surface area (Å²) in [6.07, 6.45) is 0. The summed E-state index contributed by atoms with van der Waals surface area (Å²) in [5.74, 6) is -1.75. The minimum atomic E-state index is -3.72. The van der Waals surface area contributed by atoms with Gasteiger partial charge in [-0.3, -0.25) is 4.79 Å². The van der Waals surface area contributed by atoms with Gasteiger partial charge in [-0.1, -0.05) is 30.3 Å². The summed E-state index contributed by atoms with van der Waals surface area (Å²) in [5, 5.41) is 14.1. The number of nitrogens with one attached hydrogen (secondary N) is 1. The van der Waals surface area contributed by atoms with Crippen LogP contribution in [0.15, 0.2) is 65.6 Å². The van der Waals surface area contributed by atoms with Crippen LogP contribution in [0.2, 0.25) is 0 Å². The predicted molar refractivity (Wildman–Crippen MR) is 121 cm³/mol. The third-order valence-corrected chi connectivity index (χ3v) is 7.04. The molecule has 1 saturated heterocycles. The minimum absolute atomic E-state index is 0.0419. The zero-order valence-corrected chi connectivity index (χ0v) is 18.4. The molecule has 1 heterocycles. The summed E-state index contributed by atoms with van der Waals surface area (Å²) >= 11 is 0. The third-order valence-electron chi connectivity index (χ3n) is 5.14. The van der Waals surface area contributed by atoms with Crippen molar-refractivity contribution in [3.8, 4) is 5.75 Å². The normalized spacial score (nSPS) is 14.7. The molecule has 3 aromatic carbocycles. The van der Waals surface area contributed by atoms with E-state index in [4.69, 9.17) is 9.47 Å². The Morgan fingerprint density at radius 1 is 1.00 bits per heavy atom. The highest BCUT2D eigenvalue weighted by Crippen LogP contribution is 2.26. The Balaban J connectivity index is 1.40. The number of ether oxygens (including phenoxy) is 2. The fourth-order valence-corrected chi connectivity index (χ4v) is 4.92. The second-order valence-corrected chi connectivity index (χ2v) is 9.32. The molecule has 0 unspecified atom stereocenters. The van der Waals surface area contributed by atoms with E-state index >= 15 is 0 Å². The largest absolute Gasteiger partial charge is 0.507 e. The van der Waals surface area contributed by atoms with Crippen molar-refractivity contribution in [1.29, 1.82) is 0 Å². The first kappa shape index (κ1) is 22.7. The number of nitrogens with zero attached hydrogens (tertiary/aromatic N) is 1. The first-order valence-electron chi connectivity index (χ1n) is 10.2. The van der Waals surface area contributed by atoms with E-state index in [-0.39, 0.29) is 35.0 Å². The zero-order chi connectivity index (χ0) is 23.4. The summed E-state index contributed by atoms with van der Waals surface area (Å²) in [6, 6.07) is 16.0. The molecule has 0 saturated carbocycles. The number of rotatable bonds is 6. The summed E-state index contributed by atoms with van der Waals surface area (Å²) in [4.78, 5) is 24.7. The highest BCUT2D eigenvalue weighted by Gasteiger charge is 2.26. The van der Waals surface area contributed by atoms with Crippen LogP contribution in [-0.2, 0) is 24.3 Å². The van der Waals surface area contributed by atoms with Crippen LogP contribution in [0.3, 0.4) is 0 Å². The van der Waals surface area contributed by atoms with Crippen LogP contribution in [0.5, 0.6) is 5.75 Å². The Kier molecular flexibility index (Phi) is 6.59. The summed E-state index contributed by atoms with van der Waals surface area (Å²) in [5.41, 5.74) is 0.194. The molecule has 0 bridgehead atoms. The van der Waals surface area contributed by atoms with Crippen molar-refractivity contribution in [2.75, 3.05) is 38.2 Å². The van der Waals surface area contributed by atoms with Gasteiger partial charge in [-0.05, 0) is 41.1 Å². The maximum Gasteiger partial charge on any atom is 0.342 e. The van der Waals surface area contributed by atoms with Crippen molar-refractivity contribution in [2.45, 2.75) is 4.90 Å². The second-order valence-electron chi connectivity index (χ2n) is 7.39. The molecule has 0 spiro atoms. The number of fused-ring (bicyclic) bond motifs is 1. The summed E-state index contributed by atoms with van der Waals surface area (Å²) in [7, 11) is -3.72. The molecule has 10 heteroatoms. The zero-order valence-electron chi connectivity index (χ0n) is 17.6. The van der Waals surface area contributed by atoms with E-state index in [0.717, 1.165) is 10.8 Å². The fraction of sp³-hybridized carbons (Fsp3) is 0.217. The lowest BCUT2D eigenvalue weighted by molar-refractivity contribution is -0.119. The average molecular weight is 471 g/mol. The van der Waals surface area contributed by atoms with Crippen molar-refractivity contribution in [1.82, 2.24) is 4.31 Å². The van der Waals surface area contributed by atoms with Crippen LogP contribution in [-0.4, -0.2) is 62.6 Å². The van der Waals surface area contributed by atoms with Crippen LogP contribution < -0.4 is 5.32 Å². The third kappa shape index (κ3) is 5.14. The van der Waals surface area contributed by atoms with E-state index in [0.29, 0.717) is 13.2 Å². The molecule has 3 aromatic rings. The monoisotopic (exact) mass is 470 g/mol. The van der Waals surface area contributed by atoms with E-state index < -0.39 is 28.5 Å². The average Bonchev–Trinajstić information content (AvgIpc) is 2.83. The van der Waals surface area contributed by atoms with Crippen LogP contribution in [0.1, 0.15) is 10.4 Å². The molecule has 1 fully saturated rings. The van der Waals surface area contributed by atoms with Gasteiger partial charge >= 0.3 is 5.97 Å². The number of hydrogen-bond donors (Lipinski definition) is 2. The van der Waals surface area contributed by atoms with Gasteiger partial charge in [0.1, 0.15) is 11.3 Å².